The average molecular weight is 529 g/mol. The minimum atomic E-state index is -0.0252. The topological polar surface area (TPSA) is 117 Å². The number of hydrogen-bond acceptors (Lipinski definition) is 7. The zero-order valence-electron chi connectivity index (χ0n) is 22.9. The van der Waals surface area contributed by atoms with Crippen molar-refractivity contribution in [1.29, 1.82) is 0 Å². The number of imidazole rings is 1. The van der Waals surface area contributed by atoms with Gasteiger partial charge in [0.15, 0.2) is 5.82 Å². The van der Waals surface area contributed by atoms with Crippen molar-refractivity contribution in [3.05, 3.63) is 72.4 Å². The molecule has 1 aliphatic rings. The van der Waals surface area contributed by atoms with Crippen LogP contribution in [0.3, 0.4) is 0 Å². The maximum Gasteiger partial charge on any atom is 0.317 e. The molecule has 39 heavy (non-hydrogen) atoms. The zero-order valence-corrected chi connectivity index (χ0v) is 22.9. The number of carbonyl (C=O) groups is 2. The molecule has 1 fully saturated rings. The van der Waals surface area contributed by atoms with Crippen LogP contribution in [0.25, 0.3) is 16.8 Å². The molecule has 2 amide bonds. The van der Waals surface area contributed by atoms with Crippen LogP contribution in [0.4, 0.5) is 16.4 Å². The quantitative estimate of drug-likeness (QED) is 0.311. The number of likely N-dealkylation sites (tertiary alicyclic amines) is 1. The Morgan fingerprint density at radius 2 is 1.85 bits per heavy atom. The lowest BCUT2D eigenvalue weighted by Crippen LogP contribution is -2.49. The summed E-state index contributed by atoms with van der Waals surface area (Å²) in [6, 6.07) is 13.3. The van der Waals surface area contributed by atoms with Crippen LogP contribution in [-0.2, 0) is 0 Å². The van der Waals surface area contributed by atoms with Crippen molar-refractivity contribution >= 4 is 29.5 Å². The number of amides is 2. The summed E-state index contributed by atoms with van der Waals surface area (Å²) in [6.07, 6.45) is 8.15. The van der Waals surface area contributed by atoms with Crippen LogP contribution in [0.2, 0.25) is 0 Å². The Balaban J connectivity index is 0.000000379. The fraction of sp³-hybridized carbons (Fsp3) is 0.345. The molecule has 2 unspecified atom stereocenters. The number of anilines is 2. The van der Waals surface area contributed by atoms with Gasteiger partial charge in [0.25, 0.3) is 0 Å². The van der Waals surface area contributed by atoms with Gasteiger partial charge in [-0.05, 0) is 38.8 Å². The summed E-state index contributed by atoms with van der Waals surface area (Å²) in [6.45, 7) is 5.25. The summed E-state index contributed by atoms with van der Waals surface area (Å²) in [5.74, 6) is 2.68. The molecule has 4 heterocycles. The van der Waals surface area contributed by atoms with Crippen molar-refractivity contribution in [2.45, 2.75) is 38.6 Å². The molecule has 5 rings (SSSR count). The zero-order chi connectivity index (χ0) is 27.8. The van der Waals surface area contributed by atoms with Crippen LogP contribution >= 0.6 is 0 Å². The fourth-order valence-electron chi connectivity index (χ4n) is 4.82. The van der Waals surface area contributed by atoms with Gasteiger partial charge in [0.2, 0.25) is 0 Å². The normalized spacial score (nSPS) is 16.7. The van der Waals surface area contributed by atoms with Crippen LogP contribution in [0.1, 0.15) is 48.8 Å². The Morgan fingerprint density at radius 3 is 2.46 bits per heavy atom. The standard InChI is InChI=1S/C23H28N6O2.C6H8N2/c1-4-25-23(31)29-13-18(8-5-15(29)2)22-27-19(17-9-6-16(14-30)7-10-17)20-21(24-3)26-11-12-28(20)22;1-7-6-4-2-3-5-8-6/h6-7,9-12,14-15,18H,4-5,8,13H2,1-3H3,(H,24,26)(H,25,31);2-5H,1H3,(H,7,8). The van der Waals surface area contributed by atoms with Gasteiger partial charge in [0, 0.05) is 68.9 Å². The predicted octanol–water partition coefficient (Wildman–Crippen LogP) is 4.67. The molecule has 1 saturated heterocycles. The number of piperidine rings is 1. The van der Waals surface area contributed by atoms with Gasteiger partial charge in [-0.25, -0.2) is 19.7 Å². The first-order valence-corrected chi connectivity index (χ1v) is 13.2. The van der Waals surface area contributed by atoms with Crippen molar-refractivity contribution in [2.24, 2.45) is 0 Å². The van der Waals surface area contributed by atoms with E-state index in [1.165, 1.54) is 0 Å². The van der Waals surface area contributed by atoms with E-state index in [9.17, 15) is 9.59 Å². The Morgan fingerprint density at radius 1 is 1.05 bits per heavy atom. The molecule has 0 aliphatic carbocycles. The lowest BCUT2D eigenvalue weighted by atomic mass is 9.93. The Bertz CT molecular complexity index is 1390. The number of rotatable bonds is 6. The summed E-state index contributed by atoms with van der Waals surface area (Å²) in [5, 5.41) is 9.01. The van der Waals surface area contributed by atoms with Crippen LogP contribution in [0.5, 0.6) is 0 Å². The highest BCUT2D eigenvalue weighted by Crippen LogP contribution is 2.35. The number of nitrogens with zero attached hydrogens (tertiary/aromatic N) is 5. The molecule has 4 aromatic rings. The molecule has 1 aliphatic heterocycles. The number of hydrogen-bond donors (Lipinski definition) is 3. The van der Waals surface area contributed by atoms with Gasteiger partial charge in [0.1, 0.15) is 29.1 Å². The number of benzene rings is 1. The van der Waals surface area contributed by atoms with Crippen molar-refractivity contribution < 1.29 is 9.59 Å². The summed E-state index contributed by atoms with van der Waals surface area (Å²) in [7, 11) is 3.69. The van der Waals surface area contributed by atoms with Crippen LogP contribution in [0, 0.1) is 0 Å². The van der Waals surface area contributed by atoms with Crippen molar-refractivity contribution in [3.63, 3.8) is 0 Å². The van der Waals surface area contributed by atoms with Crippen LogP contribution in [-0.4, -0.2) is 69.8 Å². The highest BCUT2D eigenvalue weighted by molar-refractivity contribution is 5.87. The molecule has 204 valence electrons. The molecular formula is C29H36N8O2. The van der Waals surface area contributed by atoms with E-state index >= 15 is 0 Å². The number of aldehydes is 1. The number of aromatic nitrogens is 4. The van der Waals surface area contributed by atoms with Crippen LogP contribution < -0.4 is 16.0 Å². The van der Waals surface area contributed by atoms with Crippen molar-refractivity contribution in [3.8, 4) is 11.3 Å². The van der Waals surface area contributed by atoms with Gasteiger partial charge in [0.05, 0.1) is 0 Å². The molecule has 0 saturated carbocycles. The molecule has 3 N–H and O–H groups in total. The Labute approximate surface area is 228 Å². The van der Waals surface area contributed by atoms with Crippen molar-refractivity contribution in [1.82, 2.24) is 29.6 Å². The largest absolute Gasteiger partial charge is 0.373 e. The predicted molar refractivity (Wildman–Crippen MR) is 154 cm³/mol. The van der Waals surface area contributed by atoms with Gasteiger partial charge in [-0.15, -0.1) is 0 Å². The maximum absolute atomic E-state index is 12.6. The Hall–Kier alpha value is -4.47. The van der Waals surface area contributed by atoms with Gasteiger partial charge in [-0.2, -0.15) is 0 Å². The molecule has 0 bridgehead atoms. The highest BCUT2D eigenvalue weighted by Gasteiger charge is 2.32. The summed E-state index contributed by atoms with van der Waals surface area (Å²) < 4.78 is 2.08. The second kappa shape index (κ2) is 12.9. The smallest absolute Gasteiger partial charge is 0.317 e. The van der Waals surface area contributed by atoms with E-state index in [1.54, 1.807) is 24.5 Å². The molecule has 0 spiro atoms. The first-order valence-electron chi connectivity index (χ1n) is 13.2. The van der Waals surface area contributed by atoms with E-state index in [0.29, 0.717) is 18.7 Å². The van der Waals surface area contributed by atoms with E-state index in [1.807, 2.05) is 62.4 Å². The molecular weight excluding hydrogens is 492 g/mol. The van der Waals surface area contributed by atoms with E-state index < -0.39 is 0 Å². The maximum atomic E-state index is 12.6. The summed E-state index contributed by atoms with van der Waals surface area (Å²) >= 11 is 0. The molecule has 2 atom stereocenters. The third-order valence-electron chi connectivity index (χ3n) is 6.90. The fourth-order valence-corrected chi connectivity index (χ4v) is 4.82. The minimum absolute atomic E-state index is 0.0252. The second-order valence-electron chi connectivity index (χ2n) is 9.38. The highest BCUT2D eigenvalue weighted by atomic mass is 16.2. The van der Waals surface area contributed by atoms with Crippen molar-refractivity contribution in [2.75, 3.05) is 37.8 Å². The summed E-state index contributed by atoms with van der Waals surface area (Å²) in [5.41, 5.74) is 3.25. The Kier molecular flexibility index (Phi) is 9.09. The second-order valence-corrected chi connectivity index (χ2v) is 9.38. The monoisotopic (exact) mass is 528 g/mol. The van der Waals surface area contributed by atoms with Gasteiger partial charge in [-0.1, -0.05) is 30.3 Å². The van der Waals surface area contributed by atoms with Gasteiger partial charge >= 0.3 is 6.03 Å². The molecule has 10 nitrogen and oxygen atoms in total. The first-order chi connectivity index (χ1) is 19.0. The van der Waals surface area contributed by atoms with E-state index in [2.05, 4.69) is 37.2 Å². The number of nitrogens with one attached hydrogen (secondary N) is 3. The van der Waals surface area contributed by atoms with Gasteiger partial charge in [-0.3, -0.25) is 9.20 Å². The number of urea groups is 1. The van der Waals surface area contributed by atoms with Crippen LogP contribution in [0.15, 0.2) is 61.1 Å². The van der Waals surface area contributed by atoms with E-state index in [0.717, 1.165) is 53.4 Å². The molecule has 3 aromatic heterocycles. The van der Waals surface area contributed by atoms with Gasteiger partial charge < -0.3 is 20.9 Å². The molecule has 0 radical (unpaired) electrons. The third kappa shape index (κ3) is 6.17. The lowest BCUT2D eigenvalue weighted by molar-refractivity contribution is 0.112. The lowest BCUT2D eigenvalue weighted by Gasteiger charge is -2.37. The summed E-state index contributed by atoms with van der Waals surface area (Å²) in [4.78, 5) is 39.1. The first kappa shape index (κ1) is 27.6. The SMILES string of the molecule is CCNC(=O)N1CC(c2nc(-c3ccc(C=O)cc3)c3c(NC)nccn23)CCC1C.CNc1ccccn1. The third-order valence-corrected chi connectivity index (χ3v) is 6.90. The number of fused-ring (bicyclic) bond motifs is 1. The molecule has 10 heteroatoms. The average Bonchev–Trinajstić information content (AvgIpc) is 3.38. The van der Waals surface area contributed by atoms with E-state index in [-0.39, 0.29) is 18.0 Å². The number of carbonyl (C=O) groups excluding carboxylic acids is 2. The number of pyridine rings is 1. The van der Waals surface area contributed by atoms with E-state index in [4.69, 9.17) is 4.98 Å². The molecule has 1 aromatic carbocycles. The minimum Gasteiger partial charge on any atom is -0.373 e.